The second kappa shape index (κ2) is 8.84. The summed E-state index contributed by atoms with van der Waals surface area (Å²) < 4.78 is 28.8. The van der Waals surface area contributed by atoms with Gasteiger partial charge in [0.1, 0.15) is 5.75 Å². The van der Waals surface area contributed by atoms with Crippen LogP contribution >= 0.6 is 11.3 Å². The summed E-state index contributed by atoms with van der Waals surface area (Å²) in [5.74, 6) is -0.343. The van der Waals surface area contributed by atoms with E-state index in [1.165, 1.54) is 23.6 Å². The summed E-state index contributed by atoms with van der Waals surface area (Å²) in [6, 6.07) is 9.94. The Labute approximate surface area is 135 Å². The Morgan fingerprint density at radius 2 is 2.13 bits per heavy atom. The molecule has 2 aromatic rings. The summed E-state index contributed by atoms with van der Waals surface area (Å²) >= 11 is 1.54. The molecule has 0 bridgehead atoms. The van der Waals surface area contributed by atoms with Crippen molar-refractivity contribution in [1.29, 1.82) is 0 Å². The summed E-state index contributed by atoms with van der Waals surface area (Å²) in [7, 11) is 0. The number of carbonyl (C=O) groups is 1. The van der Waals surface area contributed by atoms with Gasteiger partial charge in [-0.15, -0.1) is 11.3 Å². The van der Waals surface area contributed by atoms with E-state index in [0.717, 1.165) is 4.88 Å². The van der Waals surface area contributed by atoms with Crippen LogP contribution in [0.4, 0.5) is 8.78 Å². The number of nitrogens with one attached hydrogen (secondary N) is 1. The number of nitrogens with zero attached hydrogens (tertiary/aromatic N) is 1. The van der Waals surface area contributed by atoms with Crippen molar-refractivity contribution in [3.05, 3.63) is 52.2 Å². The molecule has 0 unspecified atom stereocenters. The molecule has 1 amide bonds. The highest BCUT2D eigenvalue weighted by molar-refractivity contribution is 7.09. The van der Waals surface area contributed by atoms with Crippen LogP contribution in [0.3, 0.4) is 0 Å². The maximum absolute atomic E-state index is 12.2. The third-order valence-electron chi connectivity index (χ3n) is 2.64. The molecule has 2 rings (SSSR count). The fourth-order valence-electron chi connectivity index (χ4n) is 1.63. The van der Waals surface area contributed by atoms with Crippen LogP contribution in [0.1, 0.15) is 10.4 Å². The zero-order chi connectivity index (χ0) is 16.5. The monoisotopic (exact) mass is 340 g/mol. The second-order valence-electron chi connectivity index (χ2n) is 4.28. The highest BCUT2D eigenvalue weighted by Gasteiger charge is 2.07. The number of ether oxygens (including phenoxy) is 1. The predicted octanol–water partition coefficient (Wildman–Crippen LogP) is 3.02. The highest BCUT2D eigenvalue weighted by Crippen LogP contribution is 2.18. The van der Waals surface area contributed by atoms with E-state index >= 15 is 0 Å². The molecule has 0 aliphatic heterocycles. The minimum absolute atomic E-state index is 0.0167. The number of hydrogen-bond acceptors (Lipinski definition) is 5. The van der Waals surface area contributed by atoms with Crippen molar-refractivity contribution in [2.45, 2.75) is 13.2 Å². The maximum atomic E-state index is 12.2. The van der Waals surface area contributed by atoms with Crippen molar-refractivity contribution in [3.8, 4) is 5.75 Å². The number of alkyl halides is 2. The van der Waals surface area contributed by atoms with Gasteiger partial charge in [-0.25, -0.2) is 0 Å². The van der Waals surface area contributed by atoms with Crippen LogP contribution in [0.5, 0.6) is 5.75 Å². The number of halogens is 2. The summed E-state index contributed by atoms with van der Waals surface area (Å²) in [6.45, 7) is -2.76. The van der Waals surface area contributed by atoms with E-state index in [4.69, 9.17) is 4.84 Å². The van der Waals surface area contributed by atoms with E-state index < -0.39 is 6.61 Å². The average molecular weight is 340 g/mol. The van der Waals surface area contributed by atoms with Crippen molar-refractivity contribution in [2.24, 2.45) is 5.16 Å². The van der Waals surface area contributed by atoms with Crippen LogP contribution < -0.4 is 10.1 Å². The maximum Gasteiger partial charge on any atom is 0.387 e. The molecule has 5 nitrogen and oxygen atoms in total. The number of oxime groups is 1. The van der Waals surface area contributed by atoms with Crippen LogP contribution in [-0.4, -0.2) is 25.3 Å². The third-order valence-corrected chi connectivity index (χ3v) is 3.51. The van der Waals surface area contributed by atoms with Crippen molar-refractivity contribution >= 4 is 23.5 Å². The number of hydrogen-bond donors (Lipinski definition) is 1. The molecule has 1 N–H and O–H groups in total. The lowest BCUT2D eigenvalue weighted by atomic mass is 10.2. The van der Waals surface area contributed by atoms with Gasteiger partial charge >= 0.3 is 6.61 Å². The topological polar surface area (TPSA) is 59.9 Å². The van der Waals surface area contributed by atoms with Gasteiger partial charge in [0.05, 0.1) is 12.8 Å². The zero-order valence-corrected chi connectivity index (χ0v) is 12.8. The van der Waals surface area contributed by atoms with E-state index in [1.54, 1.807) is 18.2 Å². The molecule has 1 heterocycles. The van der Waals surface area contributed by atoms with Gasteiger partial charge in [0.25, 0.3) is 5.91 Å². The van der Waals surface area contributed by atoms with E-state index in [0.29, 0.717) is 12.1 Å². The molecule has 0 aliphatic rings. The Balaban J connectivity index is 1.77. The Bertz CT molecular complexity index is 648. The van der Waals surface area contributed by atoms with Crippen molar-refractivity contribution in [3.63, 3.8) is 0 Å². The highest BCUT2D eigenvalue weighted by atomic mass is 32.1. The molecular formula is C15H14F2N2O3S. The van der Waals surface area contributed by atoms with Gasteiger partial charge in [-0.05, 0) is 23.6 Å². The number of thiophene rings is 1. The molecule has 0 saturated heterocycles. The van der Waals surface area contributed by atoms with E-state index in [2.05, 4.69) is 15.2 Å². The molecule has 23 heavy (non-hydrogen) atoms. The first kappa shape index (κ1) is 16.9. The molecule has 1 aromatic heterocycles. The fourth-order valence-corrected chi connectivity index (χ4v) is 2.27. The smallest absolute Gasteiger partial charge is 0.387 e. The lowest BCUT2D eigenvalue weighted by Crippen LogP contribution is -2.26. The molecular weight excluding hydrogens is 326 g/mol. The number of amides is 1. The summed E-state index contributed by atoms with van der Waals surface area (Å²) in [6.07, 6.45) is 1.21. The van der Waals surface area contributed by atoms with E-state index in [1.807, 2.05) is 17.5 Å². The van der Waals surface area contributed by atoms with Crippen molar-refractivity contribution < 1.29 is 23.1 Å². The van der Waals surface area contributed by atoms with Gasteiger partial charge in [-0.2, -0.15) is 8.78 Å². The molecule has 0 aliphatic carbocycles. The third kappa shape index (κ3) is 6.03. The summed E-state index contributed by atoms with van der Waals surface area (Å²) in [4.78, 5) is 17.4. The lowest BCUT2D eigenvalue weighted by molar-refractivity contribution is -0.125. The lowest BCUT2D eigenvalue weighted by Gasteiger charge is -2.06. The Hall–Kier alpha value is -2.48. The SMILES string of the molecule is O=C(CO/N=C\c1ccccc1OC(F)F)NCc1cccs1. The number of rotatable bonds is 8. The van der Waals surface area contributed by atoms with Crippen LogP contribution in [0.15, 0.2) is 46.9 Å². The van der Waals surface area contributed by atoms with Gasteiger partial charge < -0.3 is 14.9 Å². The van der Waals surface area contributed by atoms with Gasteiger partial charge in [0, 0.05) is 10.4 Å². The quantitative estimate of drug-likeness (QED) is 0.594. The van der Waals surface area contributed by atoms with Crippen molar-refractivity contribution in [1.82, 2.24) is 5.32 Å². The Morgan fingerprint density at radius 3 is 2.87 bits per heavy atom. The molecule has 0 radical (unpaired) electrons. The Kier molecular flexibility index (Phi) is 6.49. The molecule has 8 heteroatoms. The fraction of sp³-hybridized carbons (Fsp3) is 0.200. The molecule has 0 fully saturated rings. The van der Waals surface area contributed by atoms with Crippen LogP contribution in [-0.2, 0) is 16.2 Å². The van der Waals surface area contributed by atoms with Crippen LogP contribution in [0.25, 0.3) is 0 Å². The number of benzene rings is 1. The molecule has 0 atom stereocenters. The molecule has 0 saturated carbocycles. The standard InChI is InChI=1S/C15H14F2N2O3S/c16-15(17)22-13-6-2-1-4-11(13)8-19-21-10-14(20)18-9-12-5-3-7-23-12/h1-8,15H,9-10H2,(H,18,20)/b19-8-. The first-order valence-corrected chi connectivity index (χ1v) is 7.51. The van der Waals surface area contributed by atoms with Gasteiger partial charge in [0.2, 0.25) is 0 Å². The molecule has 122 valence electrons. The number of carbonyl (C=O) groups excluding carboxylic acids is 1. The van der Waals surface area contributed by atoms with E-state index in [-0.39, 0.29) is 18.3 Å². The minimum atomic E-state index is -2.92. The molecule has 1 aromatic carbocycles. The van der Waals surface area contributed by atoms with E-state index in [9.17, 15) is 13.6 Å². The normalized spacial score (nSPS) is 10.9. The zero-order valence-electron chi connectivity index (χ0n) is 11.9. The Morgan fingerprint density at radius 1 is 1.30 bits per heavy atom. The van der Waals surface area contributed by atoms with Gasteiger partial charge in [-0.1, -0.05) is 23.4 Å². The van der Waals surface area contributed by atoms with Gasteiger partial charge in [-0.3, -0.25) is 4.79 Å². The van der Waals surface area contributed by atoms with Crippen LogP contribution in [0, 0.1) is 0 Å². The van der Waals surface area contributed by atoms with Gasteiger partial charge in [0.15, 0.2) is 6.61 Å². The molecule has 0 spiro atoms. The first-order chi connectivity index (χ1) is 11.1. The minimum Gasteiger partial charge on any atom is -0.434 e. The average Bonchev–Trinajstić information content (AvgIpc) is 3.04. The second-order valence-corrected chi connectivity index (χ2v) is 5.31. The largest absolute Gasteiger partial charge is 0.434 e. The van der Waals surface area contributed by atoms with Crippen LogP contribution in [0.2, 0.25) is 0 Å². The predicted molar refractivity (Wildman–Crippen MR) is 82.8 cm³/mol. The number of para-hydroxylation sites is 1. The summed E-state index contributed by atoms with van der Waals surface area (Å²) in [5, 5.41) is 8.17. The van der Waals surface area contributed by atoms with Crippen molar-refractivity contribution in [2.75, 3.05) is 6.61 Å². The first-order valence-electron chi connectivity index (χ1n) is 6.63. The summed E-state index contributed by atoms with van der Waals surface area (Å²) in [5.41, 5.74) is 0.326.